The number of halogens is 1. The van der Waals surface area contributed by atoms with Crippen LogP contribution in [0.2, 0.25) is 4.34 Å². The number of aromatic amines is 1. The van der Waals surface area contributed by atoms with Gasteiger partial charge in [0.2, 0.25) is 5.91 Å². The molecule has 4 heterocycles. The SMILES string of the molecule is O=C(Cn1c(-c2ccc(Cl)s2)cnc(NCCc2ccccc2)c1=O)NCc1cc2cnccc2[nH]1. The highest BCUT2D eigenvalue weighted by Gasteiger charge is 2.16. The molecule has 0 bridgehead atoms. The first-order valence-electron chi connectivity index (χ1n) is 11.4. The van der Waals surface area contributed by atoms with E-state index < -0.39 is 0 Å². The van der Waals surface area contributed by atoms with E-state index in [4.69, 9.17) is 11.6 Å². The highest BCUT2D eigenvalue weighted by atomic mass is 35.5. The van der Waals surface area contributed by atoms with E-state index in [1.165, 1.54) is 15.9 Å². The van der Waals surface area contributed by atoms with Crippen molar-refractivity contribution < 1.29 is 4.79 Å². The average molecular weight is 519 g/mol. The zero-order chi connectivity index (χ0) is 24.9. The molecule has 182 valence electrons. The Balaban J connectivity index is 1.33. The number of nitrogens with zero attached hydrogens (tertiary/aromatic N) is 3. The predicted octanol–water partition coefficient (Wildman–Crippen LogP) is 4.47. The molecular formula is C26H23ClN6O2S. The summed E-state index contributed by atoms with van der Waals surface area (Å²) in [6.45, 7) is 0.689. The summed E-state index contributed by atoms with van der Waals surface area (Å²) in [5, 5.41) is 6.98. The Labute approximate surface area is 216 Å². The molecular weight excluding hydrogens is 496 g/mol. The fourth-order valence-electron chi connectivity index (χ4n) is 3.91. The van der Waals surface area contributed by atoms with Crippen LogP contribution in [0, 0.1) is 0 Å². The zero-order valence-corrected chi connectivity index (χ0v) is 20.8. The second kappa shape index (κ2) is 10.8. The van der Waals surface area contributed by atoms with Gasteiger partial charge in [-0.1, -0.05) is 41.9 Å². The van der Waals surface area contributed by atoms with Crippen molar-refractivity contribution in [2.24, 2.45) is 0 Å². The number of rotatable bonds is 9. The van der Waals surface area contributed by atoms with Crippen LogP contribution in [0.15, 0.2) is 78.0 Å². The third-order valence-electron chi connectivity index (χ3n) is 5.68. The third kappa shape index (κ3) is 5.48. The third-order valence-corrected chi connectivity index (χ3v) is 6.94. The van der Waals surface area contributed by atoms with Crippen LogP contribution in [0.4, 0.5) is 5.82 Å². The number of aromatic nitrogens is 4. The Morgan fingerprint density at radius 1 is 1.11 bits per heavy atom. The Morgan fingerprint density at radius 2 is 1.97 bits per heavy atom. The largest absolute Gasteiger partial charge is 0.365 e. The van der Waals surface area contributed by atoms with Gasteiger partial charge in [-0.05, 0) is 36.2 Å². The highest BCUT2D eigenvalue weighted by Crippen LogP contribution is 2.30. The number of anilines is 1. The number of H-pyrrole nitrogens is 1. The van der Waals surface area contributed by atoms with Crippen molar-refractivity contribution in [2.45, 2.75) is 19.5 Å². The van der Waals surface area contributed by atoms with E-state index in [1.54, 1.807) is 24.7 Å². The molecule has 1 amide bonds. The van der Waals surface area contributed by atoms with Crippen LogP contribution < -0.4 is 16.2 Å². The molecule has 8 nitrogen and oxygen atoms in total. The lowest BCUT2D eigenvalue weighted by Gasteiger charge is -2.14. The van der Waals surface area contributed by atoms with Crippen LogP contribution >= 0.6 is 22.9 Å². The van der Waals surface area contributed by atoms with Gasteiger partial charge in [0.1, 0.15) is 6.54 Å². The minimum Gasteiger partial charge on any atom is -0.365 e. The minimum absolute atomic E-state index is 0.151. The molecule has 0 saturated heterocycles. The molecule has 4 aromatic heterocycles. The van der Waals surface area contributed by atoms with Gasteiger partial charge in [0, 0.05) is 35.5 Å². The topological polar surface area (TPSA) is 105 Å². The zero-order valence-electron chi connectivity index (χ0n) is 19.2. The number of hydrogen-bond acceptors (Lipinski definition) is 6. The normalized spacial score (nSPS) is 11.0. The van der Waals surface area contributed by atoms with Crippen LogP contribution in [0.3, 0.4) is 0 Å². The molecule has 0 atom stereocenters. The maximum atomic E-state index is 13.4. The van der Waals surface area contributed by atoms with Gasteiger partial charge in [-0.25, -0.2) is 4.98 Å². The monoisotopic (exact) mass is 518 g/mol. The quantitative estimate of drug-likeness (QED) is 0.267. The molecule has 0 spiro atoms. The Kier molecular flexibility index (Phi) is 7.11. The number of benzene rings is 1. The summed E-state index contributed by atoms with van der Waals surface area (Å²) in [5.41, 5.74) is 3.13. The molecule has 1 aromatic carbocycles. The van der Waals surface area contributed by atoms with Crippen molar-refractivity contribution in [3.05, 3.63) is 99.1 Å². The minimum atomic E-state index is -0.364. The van der Waals surface area contributed by atoms with Crippen LogP contribution in [0.25, 0.3) is 21.5 Å². The van der Waals surface area contributed by atoms with Crippen molar-refractivity contribution >= 4 is 45.6 Å². The molecule has 0 radical (unpaired) electrons. The van der Waals surface area contributed by atoms with Gasteiger partial charge in [-0.15, -0.1) is 11.3 Å². The van der Waals surface area contributed by atoms with Gasteiger partial charge in [0.05, 0.1) is 27.6 Å². The fraction of sp³-hybridized carbons (Fsp3) is 0.154. The second-order valence-electron chi connectivity index (χ2n) is 8.18. The van der Waals surface area contributed by atoms with Gasteiger partial charge in [0.15, 0.2) is 5.82 Å². The average Bonchev–Trinajstić information content (AvgIpc) is 3.51. The molecule has 5 rings (SSSR count). The van der Waals surface area contributed by atoms with Crippen LogP contribution in [-0.2, 0) is 24.3 Å². The lowest BCUT2D eigenvalue weighted by Crippen LogP contribution is -2.34. The second-order valence-corrected chi connectivity index (χ2v) is 9.90. The summed E-state index contributed by atoms with van der Waals surface area (Å²) in [7, 11) is 0. The molecule has 0 aliphatic heterocycles. The maximum Gasteiger partial charge on any atom is 0.294 e. The number of carbonyl (C=O) groups excluding carboxylic acids is 1. The van der Waals surface area contributed by atoms with Crippen LogP contribution in [0.1, 0.15) is 11.3 Å². The van der Waals surface area contributed by atoms with Crippen molar-refractivity contribution in [2.75, 3.05) is 11.9 Å². The molecule has 3 N–H and O–H groups in total. The van der Waals surface area contributed by atoms with E-state index in [2.05, 4.69) is 25.6 Å². The van der Waals surface area contributed by atoms with Gasteiger partial charge >= 0.3 is 0 Å². The summed E-state index contributed by atoms with van der Waals surface area (Å²) in [5.74, 6) is -0.0903. The van der Waals surface area contributed by atoms with Gasteiger partial charge in [-0.3, -0.25) is 19.1 Å². The maximum absolute atomic E-state index is 13.4. The first-order chi connectivity index (χ1) is 17.6. The fourth-order valence-corrected chi connectivity index (χ4v) is 4.97. The van der Waals surface area contributed by atoms with E-state index in [-0.39, 0.29) is 23.8 Å². The highest BCUT2D eigenvalue weighted by molar-refractivity contribution is 7.19. The lowest BCUT2D eigenvalue weighted by atomic mass is 10.1. The number of nitrogens with one attached hydrogen (secondary N) is 3. The molecule has 0 saturated carbocycles. The van der Waals surface area contributed by atoms with Gasteiger partial charge in [0.25, 0.3) is 5.56 Å². The van der Waals surface area contributed by atoms with Gasteiger partial charge in [-0.2, -0.15) is 0 Å². The molecule has 10 heteroatoms. The number of hydrogen-bond donors (Lipinski definition) is 3. The van der Waals surface area contributed by atoms with Crippen molar-refractivity contribution in [1.29, 1.82) is 0 Å². The van der Waals surface area contributed by atoms with E-state index >= 15 is 0 Å². The molecule has 0 fully saturated rings. The molecule has 0 aliphatic rings. The van der Waals surface area contributed by atoms with Crippen LogP contribution in [0.5, 0.6) is 0 Å². The molecule has 36 heavy (non-hydrogen) atoms. The van der Waals surface area contributed by atoms with E-state index in [9.17, 15) is 9.59 Å². The van der Waals surface area contributed by atoms with E-state index in [0.717, 1.165) is 33.5 Å². The smallest absolute Gasteiger partial charge is 0.294 e. The van der Waals surface area contributed by atoms with Crippen molar-refractivity contribution in [3.8, 4) is 10.6 Å². The Bertz CT molecular complexity index is 1530. The first-order valence-corrected chi connectivity index (χ1v) is 12.6. The first kappa shape index (κ1) is 23.8. The van der Waals surface area contributed by atoms with E-state index in [0.29, 0.717) is 23.1 Å². The summed E-state index contributed by atoms with van der Waals surface area (Å²) in [6, 6.07) is 17.4. The summed E-state index contributed by atoms with van der Waals surface area (Å²) < 4.78 is 2.02. The van der Waals surface area contributed by atoms with Crippen molar-refractivity contribution in [1.82, 2.24) is 24.8 Å². The predicted molar refractivity (Wildman–Crippen MR) is 143 cm³/mol. The molecule has 5 aromatic rings. The lowest BCUT2D eigenvalue weighted by molar-refractivity contribution is -0.121. The summed E-state index contributed by atoms with van der Waals surface area (Å²) in [6.07, 6.45) is 5.82. The Hall–Kier alpha value is -3.95. The van der Waals surface area contributed by atoms with Gasteiger partial charge < -0.3 is 15.6 Å². The van der Waals surface area contributed by atoms with Crippen molar-refractivity contribution in [3.63, 3.8) is 0 Å². The Morgan fingerprint density at radius 3 is 2.75 bits per heavy atom. The number of pyridine rings is 1. The summed E-state index contributed by atoms with van der Waals surface area (Å²) >= 11 is 7.46. The van der Waals surface area contributed by atoms with Crippen LogP contribution in [-0.4, -0.2) is 32.0 Å². The number of thiophene rings is 1. The number of amides is 1. The summed E-state index contributed by atoms with van der Waals surface area (Å²) in [4.78, 5) is 38.7. The number of carbonyl (C=O) groups is 1. The molecule has 0 unspecified atom stereocenters. The van der Waals surface area contributed by atoms with E-state index in [1.807, 2.05) is 48.5 Å². The number of fused-ring (bicyclic) bond motifs is 1. The standard InChI is InChI=1S/C26H23ClN6O2S/c27-23-7-6-22(36-23)21-15-31-25(29-11-8-17-4-2-1-3-5-17)26(35)33(21)16-24(34)30-14-19-12-18-13-28-10-9-20(18)32-19/h1-7,9-10,12-13,15,32H,8,11,14,16H2,(H,29,31)(H,30,34). The molecule has 0 aliphatic carbocycles.